The summed E-state index contributed by atoms with van der Waals surface area (Å²) in [6.45, 7) is 1.80. The summed E-state index contributed by atoms with van der Waals surface area (Å²) in [5.74, 6) is -0.809. The number of rotatable bonds is 5. The number of hydrogen-bond acceptors (Lipinski definition) is 7. The Balaban J connectivity index is 2.56. The molecule has 106 valence electrons. The van der Waals surface area contributed by atoms with Gasteiger partial charge in [0.05, 0.1) is 12.9 Å². The Bertz CT molecular complexity index is 783. The van der Waals surface area contributed by atoms with Crippen molar-refractivity contribution in [2.45, 2.75) is 13.5 Å². The number of hydrogen-bond donors (Lipinski definition) is 0. The van der Waals surface area contributed by atoms with Gasteiger partial charge in [-0.2, -0.15) is 0 Å². The Morgan fingerprint density at radius 3 is 2.81 bits per heavy atom. The van der Waals surface area contributed by atoms with E-state index in [1.807, 2.05) is 0 Å². The third-order valence-electron chi connectivity index (χ3n) is 2.31. The monoisotopic (exact) mass is 288 g/mol. The zero-order valence-electron chi connectivity index (χ0n) is 10.8. The number of carbonyl (C=O) groups excluding carboxylic acids is 1. The molecule has 0 N–H and O–H groups in total. The van der Waals surface area contributed by atoms with E-state index in [1.54, 1.807) is 6.92 Å². The van der Waals surface area contributed by atoms with Crippen LogP contribution < -0.4 is 0 Å². The van der Waals surface area contributed by atoms with Crippen LogP contribution >= 0.6 is 0 Å². The number of ether oxygens (including phenoxy) is 1. The van der Waals surface area contributed by atoms with Crippen molar-refractivity contribution in [2.75, 3.05) is 6.61 Å². The Morgan fingerprint density at radius 2 is 2.14 bits per heavy atom. The van der Waals surface area contributed by atoms with Gasteiger partial charge in [0.2, 0.25) is 5.95 Å². The largest absolute Gasteiger partial charge is 0.465 e. The van der Waals surface area contributed by atoms with Crippen LogP contribution in [0.2, 0.25) is 0 Å². The molecule has 0 saturated carbocycles. The molecular weight excluding hydrogens is 280 g/mol. The molecule has 0 aliphatic heterocycles. The number of esters is 1. The highest BCUT2D eigenvalue weighted by molar-refractivity contribution is 5.83. The minimum Gasteiger partial charge on any atom is -0.465 e. The van der Waals surface area contributed by atoms with Crippen molar-refractivity contribution in [1.82, 2.24) is 19.5 Å². The fraction of sp³-hybridized carbons (Fsp3) is 0.333. The Morgan fingerprint density at radius 1 is 1.38 bits per heavy atom. The molecule has 0 fully saturated rings. The molecule has 0 radical (unpaired) electrons. The topological polar surface area (TPSA) is 167 Å². The van der Waals surface area contributed by atoms with E-state index in [0.29, 0.717) is 0 Å². The lowest BCUT2D eigenvalue weighted by Gasteiger charge is -2.04. The smallest absolute Gasteiger partial charge is 0.326 e. The zero-order chi connectivity index (χ0) is 15.2. The predicted molar refractivity (Wildman–Crippen MR) is 69.6 cm³/mol. The van der Waals surface area contributed by atoms with Gasteiger partial charge in [-0.1, -0.05) is 0 Å². The van der Waals surface area contributed by atoms with Crippen molar-refractivity contribution in [2.24, 2.45) is 10.2 Å². The number of imidazole rings is 1. The molecule has 0 aromatic carbocycles. The summed E-state index contributed by atoms with van der Waals surface area (Å²) < 4.78 is 6.20. The molecule has 0 aliphatic carbocycles. The molecule has 0 saturated heterocycles. The lowest BCUT2D eigenvalue weighted by atomic mass is 10.5. The highest BCUT2D eigenvalue weighted by atomic mass is 16.5. The van der Waals surface area contributed by atoms with Gasteiger partial charge >= 0.3 is 5.97 Å². The van der Waals surface area contributed by atoms with Crippen LogP contribution in [0.25, 0.3) is 32.0 Å². The zero-order valence-corrected chi connectivity index (χ0v) is 10.8. The highest BCUT2D eigenvalue weighted by Crippen LogP contribution is 2.24. The first-order valence-electron chi connectivity index (χ1n) is 5.68. The summed E-state index contributed by atoms with van der Waals surface area (Å²) in [5.41, 5.74) is 17.3. The quantitative estimate of drug-likeness (QED) is 0.355. The van der Waals surface area contributed by atoms with E-state index in [0.717, 1.165) is 0 Å². The Hall–Kier alpha value is -3.36. The number of fused-ring (bicyclic) bond motifs is 1. The lowest BCUT2D eigenvalue weighted by molar-refractivity contribution is -0.143. The molecule has 0 amide bonds. The highest BCUT2D eigenvalue weighted by Gasteiger charge is 2.14. The molecule has 0 atom stereocenters. The van der Waals surface area contributed by atoms with Crippen molar-refractivity contribution in [3.8, 4) is 0 Å². The molecule has 21 heavy (non-hydrogen) atoms. The number of aromatic nitrogens is 4. The molecular formula is C9H8N10O2. The van der Waals surface area contributed by atoms with E-state index in [-0.39, 0.29) is 36.1 Å². The van der Waals surface area contributed by atoms with Gasteiger partial charge in [0.25, 0.3) is 0 Å². The van der Waals surface area contributed by atoms with Crippen LogP contribution in [0, 0.1) is 0 Å². The summed E-state index contributed by atoms with van der Waals surface area (Å²) in [6.07, 6.45) is 1.33. The molecule has 12 nitrogen and oxygen atoms in total. The molecule has 0 spiro atoms. The van der Waals surface area contributed by atoms with Gasteiger partial charge in [-0.15, -0.1) is 0 Å². The van der Waals surface area contributed by atoms with Crippen LogP contribution in [-0.2, 0) is 16.1 Å². The van der Waals surface area contributed by atoms with E-state index in [2.05, 4.69) is 35.0 Å². The lowest BCUT2D eigenvalue weighted by Crippen LogP contribution is -2.13. The van der Waals surface area contributed by atoms with Gasteiger partial charge in [-0.3, -0.25) is 4.79 Å². The van der Waals surface area contributed by atoms with Gasteiger partial charge in [0.15, 0.2) is 11.5 Å². The summed E-state index contributed by atoms with van der Waals surface area (Å²) in [6, 6.07) is 0. The normalized spacial score (nSPS) is 9.76. The second-order valence-electron chi connectivity index (χ2n) is 3.58. The van der Waals surface area contributed by atoms with E-state index in [9.17, 15) is 4.79 Å². The molecule has 2 heterocycles. The predicted octanol–water partition coefficient (Wildman–Crippen LogP) is 2.27. The van der Waals surface area contributed by atoms with Crippen molar-refractivity contribution < 1.29 is 9.53 Å². The SMILES string of the molecule is CCOC(=O)Cn1cnc2c(N=[N+]=[N-])nc(N=[N+]=[N-])nc21. The molecule has 2 rings (SSSR count). The summed E-state index contributed by atoms with van der Waals surface area (Å²) >= 11 is 0. The van der Waals surface area contributed by atoms with E-state index in [1.165, 1.54) is 10.9 Å². The minimum absolute atomic E-state index is 0.0903. The van der Waals surface area contributed by atoms with Crippen molar-refractivity contribution in [3.05, 3.63) is 27.2 Å². The third-order valence-corrected chi connectivity index (χ3v) is 2.31. The molecule has 12 heteroatoms. The van der Waals surface area contributed by atoms with E-state index >= 15 is 0 Å². The summed E-state index contributed by atoms with van der Waals surface area (Å²) in [4.78, 5) is 28.4. The summed E-state index contributed by atoms with van der Waals surface area (Å²) in [7, 11) is 0. The maximum absolute atomic E-state index is 11.5. The van der Waals surface area contributed by atoms with Gasteiger partial charge in [-0.25, -0.2) is 15.0 Å². The number of carbonyl (C=O) groups is 1. The fourth-order valence-electron chi connectivity index (χ4n) is 1.58. The molecule has 0 unspecified atom stereocenters. The Labute approximate surface area is 116 Å². The second kappa shape index (κ2) is 6.19. The van der Waals surface area contributed by atoms with Gasteiger partial charge in [-0.05, 0) is 28.2 Å². The maximum Gasteiger partial charge on any atom is 0.326 e. The summed E-state index contributed by atoms with van der Waals surface area (Å²) in [5, 5.41) is 6.61. The van der Waals surface area contributed by atoms with Crippen molar-refractivity contribution in [3.63, 3.8) is 0 Å². The van der Waals surface area contributed by atoms with Crippen LogP contribution in [0.3, 0.4) is 0 Å². The number of azide groups is 2. The van der Waals surface area contributed by atoms with Crippen LogP contribution in [0.1, 0.15) is 6.92 Å². The van der Waals surface area contributed by atoms with Crippen LogP contribution in [-0.4, -0.2) is 32.1 Å². The molecule has 0 bridgehead atoms. The standard InChI is InChI=1S/C9H8N10O2/c1-2-21-5(20)3-19-4-12-6-7(15-17-10)13-9(16-18-11)14-8(6)19/h4H,2-3H2,1H3. The first-order valence-corrected chi connectivity index (χ1v) is 5.68. The van der Waals surface area contributed by atoms with Gasteiger partial charge in [0, 0.05) is 9.82 Å². The average Bonchev–Trinajstić information content (AvgIpc) is 2.83. The molecule has 0 aliphatic rings. The maximum atomic E-state index is 11.5. The molecule has 2 aromatic rings. The first-order chi connectivity index (χ1) is 10.2. The van der Waals surface area contributed by atoms with Crippen molar-refractivity contribution in [1.29, 1.82) is 0 Å². The number of nitrogens with zero attached hydrogens (tertiary/aromatic N) is 10. The third kappa shape index (κ3) is 2.97. The van der Waals surface area contributed by atoms with E-state index in [4.69, 9.17) is 15.8 Å². The van der Waals surface area contributed by atoms with Crippen LogP contribution in [0.15, 0.2) is 16.6 Å². The van der Waals surface area contributed by atoms with Crippen LogP contribution in [0.5, 0.6) is 0 Å². The van der Waals surface area contributed by atoms with E-state index < -0.39 is 5.97 Å². The van der Waals surface area contributed by atoms with Crippen LogP contribution in [0.4, 0.5) is 11.8 Å². The van der Waals surface area contributed by atoms with Crippen molar-refractivity contribution >= 4 is 28.9 Å². The Kier molecular flexibility index (Phi) is 4.14. The molecule has 2 aromatic heterocycles. The fourth-order valence-corrected chi connectivity index (χ4v) is 1.58. The first kappa shape index (κ1) is 14.1. The minimum atomic E-state index is -0.480. The average molecular weight is 288 g/mol. The second-order valence-corrected chi connectivity index (χ2v) is 3.58. The van der Waals surface area contributed by atoms with Gasteiger partial charge in [0.1, 0.15) is 12.1 Å². The van der Waals surface area contributed by atoms with Gasteiger partial charge < -0.3 is 9.30 Å².